The molecule has 5 nitrogen and oxygen atoms in total. The average molecular weight is 343 g/mol. The van der Waals surface area contributed by atoms with E-state index in [0.717, 1.165) is 44.7 Å². The Kier molecular flexibility index (Phi) is 5.76. The molecule has 0 atom stereocenters. The maximum atomic E-state index is 13.1. The Morgan fingerprint density at radius 1 is 1.20 bits per heavy atom. The van der Waals surface area contributed by atoms with Gasteiger partial charge in [0.2, 0.25) is 5.91 Å². The maximum absolute atomic E-state index is 13.1. The molecule has 1 aromatic carbocycles. The van der Waals surface area contributed by atoms with Crippen LogP contribution in [-0.2, 0) is 23.0 Å². The van der Waals surface area contributed by atoms with Crippen LogP contribution >= 0.6 is 0 Å². The van der Waals surface area contributed by atoms with Gasteiger partial charge in [-0.3, -0.25) is 4.79 Å². The number of likely N-dealkylation sites (N-methyl/N-ethyl adjacent to an activating group) is 1. The first-order valence-corrected chi connectivity index (χ1v) is 9.11. The predicted molar refractivity (Wildman–Crippen MR) is 101 cm³/mol. The highest BCUT2D eigenvalue weighted by molar-refractivity contribution is 5.89. The zero-order valence-electron chi connectivity index (χ0n) is 15.6. The summed E-state index contributed by atoms with van der Waals surface area (Å²) in [5.41, 5.74) is 2.29. The third kappa shape index (κ3) is 4.22. The van der Waals surface area contributed by atoms with E-state index in [1.54, 1.807) is 0 Å². The molecule has 0 spiro atoms. The number of benzene rings is 1. The zero-order chi connectivity index (χ0) is 17.8. The third-order valence-corrected chi connectivity index (χ3v) is 5.06. The first-order chi connectivity index (χ1) is 12.1. The Labute approximate surface area is 150 Å². The zero-order valence-corrected chi connectivity index (χ0v) is 15.6. The van der Waals surface area contributed by atoms with Crippen LogP contribution in [0.4, 0.5) is 0 Å². The predicted octanol–water partition coefficient (Wildman–Crippen LogP) is 2.29. The first kappa shape index (κ1) is 18.0. The topological polar surface area (TPSA) is 37.7 Å². The number of nitrogens with zero attached hydrogens (tertiary/aromatic N) is 3. The molecule has 1 amide bonds. The molecule has 0 unspecified atom stereocenters. The van der Waals surface area contributed by atoms with E-state index < -0.39 is 0 Å². The Morgan fingerprint density at radius 3 is 2.64 bits per heavy atom. The molecular formula is C20H29N3O2. The number of aryl methyl sites for hydroxylation is 1. The van der Waals surface area contributed by atoms with Gasteiger partial charge in [0.05, 0.1) is 6.42 Å². The highest BCUT2D eigenvalue weighted by Gasteiger charge is 2.26. The Balaban J connectivity index is 1.78. The van der Waals surface area contributed by atoms with E-state index in [2.05, 4.69) is 46.8 Å². The minimum atomic E-state index is 0.227. The molecule has 1 aromatic heterocycles. The summed E-state index contributed by atoms with van der Waals surface area (Å²) >= 11 is 0. The summed E-state index contributed by atoms with van der Waals surface area (Å²) < 4.78 is 7.59. The lowest BCUT2D eigenvalue weighted by molar-refractivity contribution is -0.134. The van der Waals surface area contributed by atoms with E-state index in [9.17, 15) is 4.79 Å². The van der Waals surface area contributed by atoms with Crippen LogP contribution in [0, 0.1) is 0 Å². The Bertz CT molecular complexity index is 717. The van der Waals surface area contributed by atoms with Crippen molar-refractivity contribution in [1.29, 1.82) is 0 Å². The molecule has 1 aliphatic rings. The van der Waals surface area contributed by atoms with Crippen LogP contribution in [0.5, 0.6) is 0 Å². The van der Waals surface area contributed by atoms with Gasteiger partial charge >= 0.3 is 0 Å². The molecule has 1 saturated heterocycles. The average Bonchev–Trinajstić information content (AvgIpc) is 2.92. The van der Waals surface area contributed by atoms with Crippen molar-refractivity contribution in [3.05, 3.63) is 36.0 Å². The van der Waals surface area contributed by atoms with E-state index in [-0.39, 0.29) is 5.91 Å². The minimum absolute atomic E-state index is 0.227. The van der Waals surface area contributed by atoms with Crippen LogP contribution in [-0.4, -0.2) is 66.7 Å². The quantitative estimate of drug-likeness (QED) is 0.808. The first-order valence-electron chi connectivity index (χ1n) is 9.11. The fraction of sp³-hybridized carbons (Fsp3) is 0.550. The number of carbonyl (C=O) groups is 1. The largest absolute Gasteiger partial charge is 0.381 e. The van der Waals surface area contributed by atoms with Crippen molar-refractivity contribution < 1.29 is 9.53 Å². The van der Waals surface area contributed by atoms with Crippen LogP contribution in [0.15, 0.2) is 30.5 Å². The molecule has 0 N–H and O–H groups in total. The van der Waals surface area contributed by atoms with Crippen molar-refractivity contribution in [2.24, 2.45) is 7.05 Å². The molecule has 25 heavy (non-hydrogen) atoms. The van der Waals surface area contributed by atoms with Crippen LogP contribution in [0.1, 0.15) is 18.4 Å². The summed E-state index contributed by atoms with van der Waals surface area (Å²) in [6.45, 7) is 3.18. The number of fused-ring (bicyclic) bond motifs is 1. The number of carbonyl (C=O) groups excluding carboxylic acids is 1. The molecule has 0 radical (unpaired) electrons. The summed E-state index contributed by atoms with van der Waals surface area (Å²) in [6.07, 6.45) is 4.44. The molecule has 3 rings (SSSR count). The summed E-state index contributed by atoms with van der Waals surface area (Å²) in [6, 6.07) is 8.59. The van der Waals surface area contributed by atoms with Crippen molar-refractivity contribution >= 4 is 16.8 Å². The number of amides is 1. The number of rotatable bonds is 6. The minimum Gasteiger partial charge on any atom is -0.381 e. The van der Waals surface area contributed by atoms with E-state index in [1.807, 2.05) is 19.2 Å². The number of ether oxygens (including phenoxy) is 1. The van der Waals surface area contributed by atoms with E-state index in [1.165, 1.54) is 10.9 Å². The number of aromatic nitrogens is 1. The standard InChI is InChI=1S/C20H29N3O2/c1-21(2)10-11-23(17-8-12-25-13-9-17)20(24)14-16-15-22(3)19-7-5-4-6-18(16)19/h4-7,15,17H,8-14H2,1-3H3. The van der Waals surface area contributed by atoms with Gasteiger partial charge in [-0.1, -0.05) is 18.2 Å². The fourth-order valence-electron chi connectivity index (χ4n) is 3.65. The lowest BCUT2D eigenvalue weighted by Gasteiger charge is -2.35. The van der Waals surface area contributed by atoms with Crippen LogP contribution in [0.2, 0.25) is 0 Å². The van der Waals surface area contributed by atoms with Gasteiger partial charge < -0.3 is 19.1 Å². The second-order valence-electron chi connectivity index (χ2n) is 7.19. The second kappa shape index (κ2) is 8.02. The summed E-state index contributed by atoms with van der Waals surface area (Å²) in [7, 11) is 6.15. The van der Waals surface area contributed by atoms with Crippen molar-refractivity contribution in [1.82, 2.24) is 14.4 Å². The molecule has 5 heteroatoms. The summed E-state index contributed by atoms with van der Waals surface area (Å²) in [5.74, 6) is 0.227. The van der Waals surface area contributed by atoms with Gasteiger partial charge in [0.15, 0.2) is 0 Å². The van der Waals surface area contributed by atoms with Crippen molar-refractivity contribution in [3.63, 3.8) is 0 Å². The molecule has 1 fully saturated rings. The number of para-hydroxylation sites is 1. The lowest BCUT2D eigenvalue weighted by atomic mass is 10.0. The van der Waals surface area contributed by atoms with Gasteiger partial charge in [0.25, 0.3) is 0 Å². The smallest absolute Gasteiger partial charge is 0.227 e. The molecule has 0 saturated carbocycles. The number of hydrogen-bond acceptors (Lipinski definition) is 3. The number of hydrogen-bond donors (Lipinski definition) is 0. The lowest BCUT2D eigenvalue weighted by Crippen LogP contribution is -2.46. The SMILES string of the molecule is CN(C)CCN(C(=O)Cc1cn(C)c2ccccc12)C1CCOCC1. The molecular weight excluding hydrogens is 314 g/mol. The fourth-order valence-corrected chi connectivity index (χ4v) is 3.65. The van der Waals surface area contributed by atoms with Crippen molar-refractivity contribution in [2.45, 2.75) is 25.3 Å². The van der Waals surface area contributed by atoms with E-state index in [0.29, 0.717) is 12.5 Å². The Hall–Kier alpha value is -1.85. The van der Waals surface area contributed by atoms with Crippen molar-refractivity contribution in [3.8, 4) is 0 Å². The van der Waals surface area contributed by atoms with Gasteiger partial charge in [-0.15, -0.1) is 0 Å². The van der Waals surface area contributed by atoms with Gasteiger partial charge in [0.1, 0.15) is 0 Å². The van der Waals surface area contributed by atoms with Crippen LogP contribution in [0.3, 0.4) is 0 Å². The Morgan fingerprint density at radius 2 is 1.92 bits per heavy atom. The third-order valence-electron chi connectivity index (χ3n) is 5.06. The molecule has 136 valence electrons. The van der Waals surface area contributed by atoms with Gasteiger partial charge in [0, 0.05) is 56.5 Å². The van der Waals surface area contributed by atoms with Crippen LogP contribution in [0.25, 0.3) is 10.9 Å². The molecule has 1 aliphatic heterocycles. The van der Waals surface area contributed by atoms with Gasteiger partial charge in [-0.2, -0.15) is 0 Å². The second-order valence-corrected chi connectivity index (χ2v) is 7.19. The van der Waals surface area contributed by atoms with Crippen molar-refractivity contribution in [2.75, 3.05) is 40.4 Å². The summed E-state index contributed by atoms with van der Waals surface area (Å²) in [5, 5.41) is 1.18. The van der Waals surface area contributed by atoms with Gasteiger partial charge in [-0.25, -0.2) is 0 Å². The summed E-state index contributed by atoms with van der Waals surface area (Å²) in [4.78, 5) is 17.4. The maximum Gasteiger partial charge on any atom is 0.227 e. The molecule has 2 heterocycles. The van der Waals surface area contributed by atoms with E-state index >= 15 is 0 Å². The molecule has 2 aromatic rings. The van der Waals surface area contributed by atoms with E-state index in [4.69, 9.17) is 4.74 Å². The highest BCUT2D eigenvalue weighted by Crippen LogP contribution is 2.22. The monoisotopic (exact) mass is 343 g/mol. The van der Waals surface area contributed by atoms with Crippen LogP contribution < -0.4 is 0 Å². The normalized spacial score (nSPS) is 15.8. The highest BCUT2D eigenvalue weighted by atomic mass is 16.5. The molecule has 0 bridgehead atoms. The van der Waals surface area contributed by atoms with Gasteiger partial charge in [-0.05, 0) is 38.6 Å². The molecule has 0 aliphatic carbocycles.